The number of carbonyl (C=O) groups excluding carboxylic acids is 1. The summed E-state index contributed by atoms with van der Waals surface area (Å²) in [5.74, 6) is -0.964. The molecule has 138 valence electrons. The molecule has 1 amide bonds. The molecule has 1 aliphatic rings. The minimum atomic E-state index is -1.49. The molecule has 2 aromatic carbocycles. The number of carbonyl (C=O) groups is 2. The molecule has 6 heteroatoms. The van der Waals surface area contributed by atoms with Crippen molar-refractivity contribution in [1.29, 1.82) is 0 Å². The quantitative estimate of drug-likeness (QED) is 0.611. The van der Waals surface area contributed by atoms with Gasteiger partial charge in [-0.15, -0.1) is 0 Å². The molecule has 4 rings (SSSR count). The summed E-state index contributed by atoms with van der Waals surface area (Å²) >= 11 is 0. The Bertz CT molecular complexity index is 1080. The highest BCUT2D eigenvalue weighted by Gasteiger charge is 2.24. The molecule has 27 heavy (non-hydrogen) atoms. The molecule has 0 aliphatic heterocycles. The van der Waals surface area contributed by atoms with Crippen molar-refractivity contribution in [1.82, 2.24) is 4.98 Å². The number of fused-ring (bicyclic) bond motifs is 2. The molecule has 3 N–H and O–H groups in total. The second kappa shape index (κ2) is 6.46. The maximum absolute atomic E-state index is 11.6. The van der Waals surface area contributed by atoms with E-state index in [0.717, 1.165) is 63.9 Å². The number of carboxylic acids is 1. The number of ether oxygens (including phenoxy) is 1. The number of aryl methyl sites for hydroxylation is 2. The van der Waals surface area contributed by atoms with Crippen LogP contribution in [0.5, 0.6) is 11.5 Å². The fourth-order valence-electron chi connectivity index (χ4n) is 3.75. The van der Waals surface area contributed by atoms with Crippen molar-refractivity contribution in [3.8, 4) is 11.5 Å². The lowest BCUT2D eigenvalue weighted by Crippen LogP contribution is -2.22. The number of nitrogens with one attached hydrogen (secondary N) is 2. The molecule has 0 atom stereocenters. The lowest BCUT2D eigenvalue weighted by molar-refractivity contribution is -0.147. The fraction of sp³-hybridized carbons (Fsp3) is 0.238. The molecule has 0 spiro atoms. The van der Waals surface area contributed by atoms with E-state index in [-0.39, 0.29) is 0 Å². The lowest BCUT2D eigenvalue weighted by atomic mass is 10.0. The van der Waals surface area contributed by atoms with Gasteiger partial charge >= 0.3 is 11.9 Å². The van der Waals surface area contributed by atoms with Crippen molar-refractivity contribution >= 4 is 28.5 Å². The van der Waals surface area contributed by atoms with Crippen LogP contribution < -0.4 is 10.1 Å². The fourth-order valence-corrected chi connectivity index (χ4v) is 3.75. The highest BCUT2D eigenvalue weighted by Crippen LogP contribution is 2.41. The summed E-state index contributed by atoms with van der Waals surface area (Å²) in [4.78, 5) is 25.7. The Labute approximate surface area is 156 Å². The van der Waals surface area contributed by atoms with Crippen molar-refractivity contribution in [2.75, 3.05) is 5.32 Å². The number of benzene rings is 2. The molecular weight excluding hydrogens is 344 g/mol. The second-order valence-electron chi connectivity index (χ2n) is 6.92. The van der Waals surface area contributed by atoms with Crippen LogP contribution in [0.3, 0.4) is 0 Å². The third-order valence-electron chi connectivity index (χ3n) is 5.06. The minimum absolute atomic E-state index is 0.566. The van der Waals surface area contributed by atoms with E-state index in [1.807, 2.05) is 38.2 Å². The van der Waals surface area contributed by atoms with Gasteiger partial charge in [-0.2, -0.15) is 0 Å². The van der Waals surface area contributed by atoms with Crippen LogP contribution in [-0.2, 0) is 22.4 Å². The highest BCUT2D eigenvalue weighted by atomic mass is 16.5. The van der Waals surface area contributed by atoms with Gasteiger partial charge in [-0.1, -0.05) is 0 Å². The molecule has 3 aromatic rings. The van der Waals surface area contributed by atoms with Crippen LogP contribution in [0, 0.1) is 13.8 Å². The van der Waals surface area contributed by atoms with E-state index in [9.17, 15) is 9.59 Å². The number of H-pyrrole nitrogens is 1. The van der Waals surface area contributed by atoms with Crippen molar-refractivity contribution < 1.29 is 19.4 Å². The van der Waals surface area contributed by atoms with Crippen molar-refractivity contribution in [2.24, 2.45) is 0 Å². The molecule has 0 bridgehead atoms. The molecule has 1 aromatic heterocycles. The van der Waals surface area contributed by atoms with Gasteiger partial charge in [-0.3, -0.25) is 4.79 Å². The Balaban J connectivity index is 1.72. The number of hydrogen-bond acceptors (Lipinski definition) is 3. The zero-order valence-corrected chi connectivity index (χ0v) is 15.2. The Hall–Kier alpha value is -3.28. The van der Waals surface area contributed by atoms with Gasteiger partial charge in [0.15, 0.2) is 0 Å². The summed E-state index contributed by atoms with van der Waals surface area (Å²) in [6.07, 6.45) is 4.54. The van der Waals surface area contributed by atoms with Gasteiger partial charge < -0.3 is 20.1 Å². The monoisotopic (exact) mass is 364 g/mol. The minimum Gasteiger partial charge on any atom is -0.474 e. The maximum atomic E-state index is 11.6. The summed E-state index contributed by atoms with van der Waals surface area (Å²) in [5.41, 5.74) is 5.65. The first-order chi connectivity index (χ1) is 12.9. The normalized spacial score (nSPS) is 12.8. The number of rotatable bonds is 3. The number of hydrogen-bond donors (Lipinski definition) is 3. The Kier molecular flexibility index (Phi) is 4.11. The van der Waals surface area contributed by atoms with Gasteiger partial charge in [0.2, 0.25) is 0 Å². The van der Waals surface area contributed by atoms with Crippen molar-refractivity contribution in [2.45, 2.75) is 33.1 Å². The number of aliphatic carboxylic acids is 1. The van der Waals surface area contributed by atoms with Gasteiger partial charge in [0.05, 0.1) is 0 Å². The van der Waals surface area contributed by atoms with E-state index < -0.39 is 11.9 Å². The van der Waals surface area contributed by atoms with Crippen LogP contribution >= 0.6 is 0 Å². The predicted octanol–water partition coefficient (Wildman–Crippen LogP) is 4.09. The van der Waals surface area contributed by atoms with Gasteiger partial charge in [0.25, 0.3) is 0 Å². The van der Waals surface area contributed by atoms with E-state index in [1.54, 1.807) is 6.07 Å². The summed E-state index contributed by atoms with van der Waals surface area (Å²) in [6.45, 7) is 3.95. The topological polar surface area (TPSA) is 91.4 Å². The Morgan fingerprint density at radius 1 is 1.11 bits per heavy atom. The summed E-state index contributed by atoms with van der Waals surface area (Å²) in [5, 5.41) is 12.5. The van der Waals surface area contributed by atoms with Gasteiger partial charge in [-0.25, -0.2) is 4.79 Å². The molecule has 0 saturated heterocycles. The summed E-state index contributed by atoms with van der Waals surface area (Å²) < 4.78 is 6.25. The van der Waals surface area contributed by atoms with Gasteiger partial charge in [0, 0.05) is 28.4 Å². The van der Waals surface area contributed by atoms with E-state index in [1.165, 1.54) is 0 Å². The maximum Gasteiger partial charge on any atom is 0.394 e. The van der Waals surface area contributed by atoms with E-state index in [0.29, 0.717) is 5.69 Å². The van der Waals surface area contributed by atoms with Crippen LogP contribution in [0.4, 0.5) is 5.69 Å². The second-order valence-corrected chi connectivity index (χ2v) is 6.92. The first kappa shape index (κ1) is 17.1. The molecular formula is C21H20N2O4. The smallest absolute Gasteiger partial charge is 0.394 e. The van der Waals surface area contributed by atoms with Crippen LogP contribution in [-0.4, -0.2) is 22.0 Å². The highest BCUT2D eigenvalue weighted by molar-refractivity contribution is 6.36. The van der Waals surface area contributed by atoms with Crippen LogP contribution in [0.1, 0.15) is 28.7 Å². The van der Waals surface area contributed by atoms with Gasteiger partial charge in [0.1, 0.15) is 11.5 Å². The predicted molar refractivity (Wildman–Crippen MR) is 103 cm³/mol. The molecule has 0 saturated carbocycles. The first-order valence-electron chi connectivity index (χ1n) is 8.89. The lowest BCUT2D eigenvalue weighted by Gasteiger charge is -2.17. The third kappa shape index (κ3) is 3.03. The van der Waals surface area contributed by atoms with E-state index in [4.69, 9.17) is 9.84 Å². The average molecular weight is 364 g/mol. The summed E-state index contributed by atoms with van der Waals surface area (Å²) in [6, 6.07) is 7.73. The van der Waals surface area contributed by atoms with E-state index in [2.05, 4.69) is 10.3 Å². The number of aromatic amines is 1. The van der Waals surface area contributed by atoms with Crippen LogP contribution in [0.15, 0.2) is 30.5 Å². The SMILES string of the molecule is Cc1cc(NC(=O)C(=O)O)c2c(c1Oc1ccc3[nH]cc(C)c3c1)CCC2. The van der Waals surface area contributed by atoms with Crippen LogP contribution in [0.2, 0.25) is 0 Å². The number of amides is 1. The van der Waals surface area contributed by atoms with Crippen LogP contribution in [0.25, 0.3) is 10.9 Å². The molecule has 0 fully saturated rings. The third-order valence-corrected chi connectivity index (χ3v) is 5.06. The zero-order valence-electron chi connectivity index (χ0n) is 15.2. The zero-order chi connectivity index (χ0) is 19.1. The van der Waals surface area contributed by atoms with Crippen molar-refractivity contribution in [3.63, 3.8) is 0 Å². The number of anilines is 1. The van der Waals surface area contributed by atoms with Gasteiger partial charge in [-0.05, 0) is 74.1 Å². The molecule has 0 unspecified atom stereocenters. The van der Waals surface area contributed by atoms with E-state index >= 15 is 0 Å². The summed E-state index contributed by atoms with van der Waals surface area (Å²) in [7, 11) is 0. The number of carboxylic acid groups (broad SMARTS) is 1. The Morgan fingerprint density at radius 3 is 2.67 bits per heavy atom. The molecule has 0 radical (unpaired) electrons. The molecule has 1 aliphatic carbocycles. The van der Waals surface area contributed by atoms with Crippen molar-refractivity contribution in [3.05, 3.63) is 52.7 Å². The number of aromatic nitrogens is 1. The standard InChI is InChI=1S/C21H20N2O4/c1-11-8-18(23-20(24)21(25)26)14-4-3-5-15(14)19(11)27-13-6-7-17-16(9-13)12(2)10-22-17/h6-10,22H,3-5H2,1-2H3,(H,23,24)(H,25,26). The first-order valence-corrected chi connectivity index (χ1v) is 8.89. The molecule has 1 heterocycles. The average Bonchev–Trinajstić information content (AvgIpc) is 3.26. The molecule has 6 nitrogen and oxygen atoms in total. The Morgan fingerprint density at radius 2 is 1.89 bits per heavy atom. The largest absolute Gasteiger partial charge is 0.474 e.